The van der Waals surface area contributed by atoms with E-state index in [1.807, 2.05) is 34.9 Å². The van der Waals surface area contributed by atoms with Crippen LogP contribution in [0.3, 0.4) is 0 Å². The van der Waals surface area contributed by atoms with Crippen LogP contribution >= 0.6 is 0 Å². The molecule has 0 radical (unpaired) electrons. The molecular formula is C40H29N3O7. The van der Waals surface area contributed by atoms with Gasteiger partial charge in [-0.2, -0.15) is 0 Å². The molecule has 1 aromatic heterocycles. The van der Waals surface area contributed by atoms with Gasteiger partial charge in [0.05, 0.1) is 16.6 Å². The molecule has 0 aliphatic rings. The van der Waals surface area contributed by atoms with E-state index >= 15 is 0 Å². The van der Waals surface area contributed by atoms with Gasteiger partial charge in [-0.15, -0.1) is 0 Å². The molecule has 0 bridgehead atoms. The fourth-order valence-corrected chi connectivity index (χ4v) is 5.47. The maximum atomic E-state index is 13.5. The van der Waals surface area contributed by atoms with Crippen LogP contribution in [-0.4, -0.2) is 45.3 Å². The quantitative estimate of drug-likeness (QED) is 0.0639. The molecule has 0 spiro atoms. The van der Waals surface area contributed by atoms with Crippen molar-refractivity contribution in [2.45, 2.75) is 20.8 Å². The topological polar surface area (TPSA) is 133 Å². The maximum absolute atomic E-state index is 13.5. The Balaban J connectivity index is 1.42. The van der Waals surface area contributed by atoms with E-state index in [4.69, 9.17) is 4.84 Å². The van der Waals surface area contributed by atoms with Gasteiger partial charge in [0.2, 0.25) is 11.6 Å². The molecule has 0 aliphatic carbocycles. The Hall–Kier alpha value is -6.81. The number of rotatable bonds is 10. The third-order valence-electron chi connectivity index (χ3n) is 7.96. The Morgan fingerprint density at radius 3 is 1.44 bits per heavy atom. The summed E-state index contributed by atoms with van der Waals surface area (Å²) in [6.45, 7) is 4.08. The molecule has 0 fully saturated rings. The number of aromatic nitrogens is 1. The minimum absolute atomic E-state index is 0.0188. The molecule has 246 valence electrons. The van der Waals surface area contributed by atoms with Crippen molar-refractivity contribution in [1.82, 2.24) is 4.57 Å². The highest BCUT2D eigenvalue weighted by molar-refractivity contribution is 6.46. The van der Waals surface area contributed by atoms with Gasteiger partial charge >= 0.3 is 11.9 Å². The second-order valence-corrected chi connectivity index (χ2v) is 11.4. The number of hydrogen-bond acceptors (Lipinski definition) is 9. The third kappa shape index (κ3) is 6.76. The number of hydrogen-bond donors (Lipinski definition) is 0. The van der Waals surface area contributed by atoms with Gasteiger partial charge in [-0.3, -0.25) is 14.4 Å². The maximum Gasteiger partial charge on any atom is 0.365 e. The zero-order valence-electron chi connectivity index (χ0n) is 27.2. The van der Waals surface area contributed by atoms with Crippen molar-refractivity contribution in [3.63, 3.8) is 0 Å². The minimum atomic E-state index is -0.697. The number of benzene rings is 5. The summed E-state index contributed by atoms with van der Waals surface area (Å²) in [5, 5.41) is 8.73. The molecule has 0 N–H and O–H groups in total. The van der Waals surface area contributed by atoms with E-state index in [1.165, 1.54) is 20.8 Å². The van der Waals surface area contributed by atoms with Crippen molar-refractivity contribution in [2.75, 3.05) is 0 Å². The predicted octanol–water partition coefficient (Wildman–Crippen LogP) is 7.55. The zero-order valence-corrected chi connectivity index (χ0v) is 27.2. The Bertz CT molecular complexity index is 2370. The highest BCUT2D eigenvalue weighted by Gasteiger charge is 2.20. The summed E-state index contributed by atoms with van der Waals surface area (Å²) in [7, 11) is 0. The second-order valence-electron chi connectivity index (χ2n) is 11.4. The van der Waals surface area contributed by atoms with E-state index in [9.17, 15) is 24.0 Å². The standard InChI is InChI=1S/C40H29N3O7/c1-24(41-49-26(3)44)37(45)30-16-20-35-33(22-30)34-23-31(38(46)25(2)42-50-40(48)29-12-8-5-9-13-29)17-21-36(34)43(35)32-18-14-28(15-19-32)39(47)27-10-6-4-7-11-27/h4-23H,1-3H3. The van der Waals surface area contributed by atoms with Gasteiger partial charge in [-0.1, -0.05) is 58.8 Å². The number of ketones is 3. The van der Waals surface area contributed by atoms with Gasteiger partial charge in [-0.25, -0.2) is 9.59 Å². The zero-order chi connectivity index (χ0) is 35.4. The van der Waals surface area contributed by atoms with Crippen LogP contribution < -0.4 is 0 Å². The molecule has 5 aromatic carbocycles. The predicted molar refractivity (Wildman–Crippen MR) is 189 cm³/mol. The van der Waals surface area contributed by atoms with Crippen molar-refractivity contribution in [3.8, 4) is 5.69 Å². The van der Waals surface area contributed by atoms with E-state index < -0.39 is 23.5 Å². The highest BCUT2D eigenvalue weighted by atomic mass is 16.7. The Morgan fingerprint density at radius 2 is 0.940 bits per heavy atom. The van der Waals surface area contributed by atoms with Crippen LogP contribution in [0.15, 0.2) is 132 Å². The lowest BCUT2D eigenvalue weighted by atomic mass is 10.0. The van der Waals surface area contributed by atoms with Crippen LogP contribution in [0.1, 0.15) is 67.8 Å². The van der Waals surface area contributed by atoms with Crippen LogP contribution in [0.25, 0.3) is 27.5 Å². The van der Waals surface area contributed by atoms with Crippen molar-refractivity contribution in [3.05, 3.63) is 149 Å². The number of Topliss-reactive ketones (excluding diaryl/α,β-unsaturated/α-hetero) is 2. The van der Waals surface area contributed by atoms with E-state index in [2.05, 4.69) is 15.1 Å². The SMILES string of the molecule is CC(=O)ON=C(C)C(=O)c1ccc2c(c1)c1cc(C(=O)C(C)=NOC(=O)c3ccccc3)ccc1n2-c1ccc(C(=O)c2ccccc2)cc1. The largest absolute Gasteiger partial charge is 0.365 e. The molecule has 10 nitrogen and oxygen atoms in total. The first-order valence-electron chi connectivity index (χ1n) is 15.5. The molecule has 0 unspecified atom stereocenters. The van der Waals surface area contributed by atoms with Crippen molar-refractivity contribution >= 4 is 62.5 Å². The number of carbonyl (C=O) groups is 5. The van der Waals surface area contributed by atoms with E-state index in [0.717, 1.165) is 16.7 Å². The molecule has 50 heavy (non-hydrogen) atoms. The van der Waals surface area contributed by atoms with Gasteiger partial charge in [0.1, 0.15) is 11.4 Å². The molecule has 6 aromatic rings. The van der Waals surface area contributed by atoms with Crippen LogP contribution in [0.5, 0.6) is 0 Å². The average Bonchev–Trinajstić information content (AvgIpc) is 3.48. The Kier molecular flexibility index (Phi) is 9.35. The van der Waals surface area contributed by atoms with Crippen molar-refractivity contribution in [2.24, 2.45) is 10.3 Å². The van der Waals surface area contributed by atoms with Crippen molar-refractivity contribution in [1.29, 1.82) is 0 Å². The Labute approximate surface area is 286 Å². The summed E-state index contributed by atoms with van der Waals surface area (Å²) in [5.41, 5.74) is 4.09. The molecule has 0 saturated carbocycles. The fourth-order valence-electron chi connectivity index (χ4n) is 5.47. The lowest BCUT2D eigenvalue weighted by Crippen LogP contribution is -2.12. The molecule has 10 heteroatoms. The van der Waals surface area contributed by atoms with Crippen LogP contribution in [0, 0.1) is 0 Å². The number of fused-ring (bicyclic) bond motifs is 3. The number of carbonyl (C=O) groups excluding carboxylic acids is 5. The average molecular weight is 664 g/mol. The number of oxime groups is 2. The molecule has 0 aliphatic heterocycles. The molecule has 0 amide bonds. The van der Waals surface area contributed by atoms with Gasteiger partial charge in [0.15, 0.2) is 5.78 Å². The van der Waals surface area contributed by atoms with Crippen LogP contribution in [0.4, 0.5) is 0 Å². The molecular weight excluding hydrogens is 634 g/mol. The molecule has 1 heterocycles. The van der Waals surface area contributed by atoms with Gasteiger partial charge < -0.3 is 14.2 Å². The lowest BCUT2D eigenvalue weighted by molar-refractivity contribution is -0.140. The third-order valence-corrected chi connectivity index (χ3v) is 7.96. The lowest BCUT2D eigenvalue weighted by Gasteiger charge is -2.10. The Morgan fingerprint density at radius 1 is 0.500 bits per heavy atom. The summed E-state index contributed by atoms with van der Waals surface area (Å²) < 4.78 is 1.96. The smallest absolute Gasteiger partial charge is 0.318 e. The monoisotopic (exact) mass is 663 g/mol. The summed E-state index contributed by atoms with van der Waals surface area (Å²) >= 11 is 0. The fraction of sp³-hybridized carbons (Fsp3) is 0.0750. The van der Waals surface area contributed by atoms with E-state index in [0.29, 0.717) is 27.5 Å². The summed E-state index contributed by atoms with van der Waals surface area (Å²) in [4.78, 5) is 73.1. The van der Waals surface area contributed by atoms with Gasteiger partial charge in [0.25, 0.3) is 0 Å². The molecule has 0 saturated heterocycles. The van der Waals surface area contributed by atoms with Gasteiger partial charge in [0, 0.05) is 45.6 Å². The van der Waals surface area contributed by atoms with Crippen LogP contribution in [0.2, 0.25) is 0 Å². The number of nitrogens with zero attached hydrogens (tertiary/aromatic N) is 3. The highest BCUT2D eigenvalue weighted by Crippen LogP contribution is 2.34. The summed E-state index contributed by atoms with van der Waals surface area (Å²) in [6, 6.07) is 34.7. The minimum Gasteiger partial charge on any atom is -0.318 e. The second kappa shape index (κ2) is 14.1. The first kappa shape index (κ1) is 33.1. The van der Waals surface area contributed by atoms with E-state index in [-0.39, 0.29) is 28.3 Å². The molecule has 0 atom stereocenters. The molecule has 6 rings (SSSR count). The summed E-state index contributed by atoms with van der Waals surface area (Å²) in [5.74, 6) is -2.37. The summed E-state index contributed by atoms with van der Waals surface area (Å²) in [6.07, 6.45) is 0. The van der Waals surface area contributed by atoms with E-state index in [1.54, 1.807) is 91.0 Å². The van der Waals surface area contributed by atoms with Gasteiger partial charge in [-0.05, 0) is 86.6 Å². The first-order chi connectivity index (χ1) is 24.1. The van der Waals surface area contributed by atoms with Crippen molar-refractivity contribution < 1.29 is 33.6 Å². The normalized spacial score (nSPS) is 11.7. The first-order valence-corrected chi connectivity index (χ1v) is 15.5. The van der Waals surface area contributed by atoms with Crippen LogP contribution in [-0.2, 0) is 14.5 Å².